The zero-order valence-electron chi connectivity index (χ0n) is 15.2. The first kappa shape index (κ1) is 20.1. The van der Waals surface area contributed by atoms with Gasteiger partial charge in [0.25, 0.3) is 5.91 Å². The maximum atomic E-state index is 12.8. The second kappa shape index (κ2) is 8.19. The molecule has 144 valence electrons. The summed E-state index contributed by atoms with van der Waals surface area (Å²) in [7, 11) is 0. The van der Waals surface area contributed by atoms with Crippen molar-refractivity contribution in [1.82, 2.24) is 20.4 Å². The van der Waals surface area contributed by atoms with Gasteiger partial charge in [0.05, 0.1) is 21.3 Å². The molecule has 2 atom stereocenters. The van der Waals surface area contributed by atoms with Crippen molar-refractivity contribution in [3.05, 3.63) is 45.9 Å². The maximum absolute atomic E-state index is 12.8. The lowest BCUT2D eigenvalue weighted by atomic mass is 9.95. The first-order chi connectivity index (χ1) is 12.5. The first-order valence-corrected chi connectivity index (χ1v) is 9.99. The number of hydrogen-bond donors (Lipinski definition) is 2. The number of para-hydroxylation sites is 1. The SMILES string of the molecule is Cc1nn(-c2ccccc2Cl)c2sc(C(=O)NC3CCNCC3C)cc12.Cl. The molecule has 3 aromatic rings. The molecule has 2 N–H and O–H groups in total. The number of carbonyl (C=O) groups is 1. The van der Waals surface area contributed by atoms with E-state index in [0.717, 1.165) is 41.1 Å². The Bertz CT molecular complexity index is 968. The number of halogens is 2. The average molecular weight is 425 g/mol. The Balaban J connectivity index is 0.00000210. The summed E-state index contributed by atoms with van der Waals surface area (Å²) in [6.45, 7) is 6.01. The summed E-state index contributed by atoms with van der Waals surface area (Å²) in [5.74, 6) is 0.428. The fourth-order valence-electron chi connectivity index (χ4n) is 3.41. The molecule has 0 bridgehead atoms. The Morgan fingerprint density at radius 2 is 2.19 bits per heavy atom. The molecule has 0 spiro atoms. The number of nitrogens with zero attached hydrogens (tertiary/aromatic N) is 2. The molecular formula is C19H22Cl2N4OS. The molecule has 2 aromatic heterocycles. The number of amides is 1. The van der Waals surface area contributed by atoms with E-state index in [9.17, 15) is 4.79 Å². The van der Waals surface area contributed by atoms with Gasteiger partial charge in [-0.1, -0.05) is 30.7 Å². The van der Waals surface area contributed by atoms with E-state index >= 15 is 0 Å². The van der Waals surface area contributed by atoms with Crippen molar-refractivity contribution in [2.45, 2.75) is 26.3 Å². The zero-order valence-corrected chi connectivity index (χ0v) is 17.5. The number of hydrogen-bond acceptors (Lipinski definition) is 4. The molecule has 1 saturated heterocycles. The minimum Gasteiger partial charge on any atom is -0.348 e. The van der Waals surface area contributed by atoms with E-state index in [4.69, 9.17) is 11.6 Å². The molecule has 0 aliphatic carbocycles. The number of aryl methyl sites for hydroxylation is 1. The third kappa shape index (κ3) is 3.85. The van der Waals surface area contributed by atoms with Crippen LogP contribution in [0.15, 0.2) is 30.3 Å². The van der Waals surface area contributed by atoms with Crippen molar-refractivity contribution in [2.75, 3.05) is 13.1 Å². The van der Waals surface area contributed by atoms with Gasteiger partial charge in [-0.15, -0.1) is 23.7 Å². The summed E-state index contributed by atoms with van der Waals surface area (Å²) in [6.07, 6.45) is 0.963. The third-order valence-electron chi connectivity index (χ3n) is 4.95. The maximum Gasteiger partial charge on any atom is 0.261 e. The second-order valence-electron chi connectivity index (χ2n) is 6.83. The number of fused-ring (bicyclic) bond motifs is 1. The molecule has 1 aromatic carbocycles. The van der Waals surface area contributed by atoms with E-state index in [1.54, 1.807) is 0 Å². The lowest BCUT2D eigenvalue weighted by Gasteiger charge is -2.30. The van der Waals surface area contributed by atoms with Gasteiger partial charge in [0.1, 0.15) is 4.83 Å². The summed E-state index contributed by atoms with van der Waals surface area (Å²) in [5, 5.41) is 12.8. The fourth-order valence-corrected chi connectivity index (χ4v) is 4.71. The van der Waals surface area contributed by atoms with Crippen LogP contribution >= 0.6 is 35.3 Å². The third-order valence-corrected chi connectivity index (χ3v) is 6.38. The molecule has 1 amide bonds. The fraction of sp³-hybridized carbons (Fsp3) is 0.368. The van der Waals surface area contributed by atoms with Crippen LogP contribution in [0.2, 0.25) is 5.02 Å². The molecule has 5 nitrogen and oxygen atoms in total. The highest BCUT2D eigenvalue weighted by Gasteiger charge is 2.25. The Kier molecular flexibility index (Phi) is 6.11. The van der Waals surface area contributed by atoms with Crippen LogP contribution < -0.4 is 10.6 Å². The predicted octanol–water partition coefficient (Wildman–Crippen LogP) is 4.20. The van der Waals surface area contributed by atoms with Gasteiger partial charge in [0.2, 0.25) is 0 Å². The molecule has 1 aliphatic rings. The van der Waals surface area contributed by atoms with Crippen molar-refractivity contribution in [3.8, 4) is 5.69 Å². The standard InChI is InChI=1S/C19H21ClN4OS.ClH/c1-11-10-21-8-7-15(11)22-18(25)17-9-13-12(2)23-24(19(13)26-17)16-6-4-3-5-14(16)20;/h3-6,9,11,15,21H,7-8,10H2,1-2H3,(H,22,25);1H. The Labute approximate surface area is 173 Å². The largest absolute Gasteiger partial charge is 0.348 e. The molecule has 8 heteroatoms. The first-order valence-electron chi connectivity index (χ1n) is 8.80. The van der Waals surface area contributed by atoms with Crippen LogP contribution in [0, 0.1) is 12.8 Å². The summed E-state index contributed by atoms with van der Waals surface area (Å²) >= 11 is 7.80. The van der Waals surface area contributed by atoms with Gasteiger partial charge in [-0.3, -0.25) is 4.79 Å². The van der Waals surface area contributed by atoms with Crippen LogP contribution in [-0.2, 0) is 0 Å². The minimum atomic E-state index is -0.00458. The highest BCUT2D eigenvalue weighted by molar-refractivity contribution is 7.20. The Morgan fingerprint density at radius 3 is 2.93 bits per heavy atom. The van der Waals surface area contributed by atoms with E-state index in [1.165, 1.54) is 11.3 Å². The lowest BCUT2D eigenvalue weighted by molar-refractivity contribution is 0.0918. The van der Waals surface area contributed by atoms with E-state index < -0.39 is 0 Å². The van der Waals surface area contributed by atoms with Crippen LogP contribution in [0.1, 0.15) is 28.7 Å². The van der Waals surface area contributed by atoms with Gasteiger partial charge in [-0.2, -0.15) is 5.10 Å². The molecule has 1 fully saturated rings. The van der Waals surface area contributed by atoms with E-state index in [1.807, 2.05) is 41.9 Å². The van der Waals surface area contributed by atoms with Crippen LogP contribution in [0.25, 0.3) is 15.9 Å². The number of thiophene rings is 1. The van der Waals surface area contributed by atoms with Crippen molar-refractivity contribution < 1.29 is 4.79 Å². The molecule has 2 unspecified atom stereocenters. The van der Waals surface area contributed by atoms with Gasteiger partial charge < -0.3 is 10.6 Å². The van der Waals surface area contributed by atoms with Crippen LogP contribution in [0.3, 0.4) is 0 Å². The van der Waals surface area contributed by atoms with Gasteiger partial charge in [-0.05, 0) is 50.6 Å². The molecule has 0 radical (unpaired) electrons. The molecule has 0 saturated carbocycles. The topological polar surface area (TPSA) is 59.0 Å². The number of nitrogens with one attached hydrogen (secondary N) is 2. The lowest BCUT2D eigenvalue weighted by Crippen LogP contribution is -2.48. The molecule has 3 heterocycles. The molecule has 27 heavy (non-hydrogen) atoms. The van der Waals surface area contributed by atoms with Crippen molar-refractivity contribution in [1.29, 1.82) is 0 Å². The van der Waals surface area contributed by atoms with E-state index in [2.05, 4.69) is 22.7 Å². The summed E-state index contributed by atoms with van der Waals surface area (Å²) < 4.78 is 1.83. The molecular weight excluding hydrogens is 403 g/mol. The van der Waals surface area contributed by atoms with Gasteiger partial charge in [0, 0.05) is 11.4 Å². The van der Waals surface area contributed by atoms with E-state index in [0.29, 0.717) is 15.8 Å². The zero-order chi connectivity index (χ0) is 18.3. The van der Waals surface area contributed by atoms with Gasteiger partial charge in [0.15, 0.2) is 0 Å². The van der Waals surface area contributed by atoms with Crippen molar-refractivity contribution >= 4 is 51.5 Å². The Morgan fingerprint density at radius 1 is 1.41 bits per heavy atom. The predicted molar refractivity (Wildman–Crippen MR) is 114 cm³/mol. The highest BCUT2D eigenvalue weighted by atomic mass is 35.5. The smallest absolute Gasteiger partial charge is 0.261 e. The van der Waals surface area contributed by atoms with Crippen LogP contribution in [0.4, 0.5) is 0 Å². The minimum absolute atomic E-state index is 0. The van der Waals surface area contributed by atoms with E-state index in [-0.39, 0.29) is 24.4 Å². The normalized spacial score (nSPS) is 19.7. The number of benzene rings is 1. The average Bonchev–Trinajstić information content (AvgIpc) is 3.19. The monoisotopic (exact) mass is 424 g/mol. The summed E-state index contributed by atoms with van der Waals surface area (Å²) in [5.41, 5.74) is 1.72. The van der Waals surface area contributed by atoms with Gasteiger partial charge in [-0.25, -0.2) is 4.68 Å². The Hall–Kier alpha value is -1.60. The summed E-state index contributed by atoms with van der Waals surface area (Å²) in [4.78, 5) is 14.4. The van der Waals surface area contributed by atoms with Crippen molar-refractivity contribution in [3.63, 3.8) is 0 Å². The second-order valence-corrected chi connectivity index (χ2v) is 8.27. The number of carbonyl (C=O) groups excluding carboxylic acids is 1. The number of rotatable bonds is 3. The van der Waals surface area contributed by atoms with Gasteiger partial charge >= 0.3 is 0 Å². The van der Waals surface area contributed by atoms with Crippen molar-refractivity contribution in [2.24, 2.45) is 5.92 Å². The highest BCUT2D eigenvalue weighted by Crippen LogP contribution is 2.32. The number of aromatic nitrogens is 2. The number of piperidine rings is 1. The molecule has 1 aliphatic heterocycles. The van der Waals surface area contributed by atoms with Crippen LogP contribution in [0.5, 0.6) is 0 Å². The quantitative estimate of drug-likeness (QED) is 0.662. The summed E-state index contributed by atoms with van der Waals surface area (Å²) in [6, 6.07) is 9.77. The van der Waals surface area contributed by atoms with Crippen LogP contribution in [-0.4, -0.2) is 34.8 Å². The molecule has 4 rings (SSSR count).